The van der Waals surface area contributed by atoms with Crippen LogP contribution in [-0.4, -0.2) is 71.8 Å². The van der Waals surface area contributed by atoms with Crippen molar-refractivity contribution < 1.29 is 14.4 Å². The molecule has 0 saturated carbocycles. The summed E-state index contributed by atoms with van der Waals surface area (Å²) < 4.78 is 0. The number of carbonyl (C=O) groups is 3. The Morgan fingerprint density at radius 2 is 2.04 bits per heavy atom. The molecule has 150 valence electrons. The molecule has 28 heavy (non-hydrogen) atoms. The number of imide groups is 1. The van der Waals surface area contributed by atoms with Gasteiger partial charge in [-0.05, 0) is 38.3 Å². The van der Waals surface area contributed by atoms with E-state index in [1.165, 1.54) is 11.1 Å². The van der Waals surface area contributed by atoms with Crippen LogP contribution in [0.1, 0.15) is 30.4 Å². The van der Waals surface area contributed by atoms with E-state index in [0.29, 0.717) is 6.54 Å². The standard InChI is InChI=1S/C21H28N4O3/c1-16-4-2-5-17(10-16)12-23-8-3-6-21(14-23)7-9-24(15-21)19(27)13-25-18(26)11-22-20(25)28/h2,4-5,10H,3,6-9,11-15H2,1H3,(H,22,28). The largest absolute Gasteiger partial charge is 0.341 e. The van der Waals surface area contributed by atoms with E-state index < -0.39 is 6.03 Å². The van der Waals surface area contributed by atoms with Crippen LogP contribution in [0.15, 0.2) is 24.3 Å². The van der Waals surface area contributed by atoms with Gasteiger partial charge in [-0.25, -0.2) is 4.79 Å². The first-order chi connectivity index (χ1) is 13.4. The fourth-order valence-electron chi connectivity index (χ4n) is 4.85. The zero-order chi connectivity index (χ0) is 19.7. The average molecular weight is 384 g/mol. The minimum atomic E-state index is -0.464. The Morgan fingerprint density at radius 1 is 1.18 bits per heavy atom. The lowest BCUT2D eigenvalue weighted by Crippen LogP contribution is -2.46. The van der Waals surface area contributed by atoms with E-state index in [1.807, 2.05) is 4.90 Å². The van der Waals surface area contributed by atoms with Crippen LogP contribution in [0.3, 0.4) is 0 Å². The summed E-state index contributed by atoms with van der Waals surface area (Å²) >= 11 is 0. The van der Waals surface area contributed by atoms with Gasteiger partial charge in [-0.15, -0.1) is 0 Å². The molecule has 3 aliphatic rings. The summed E-state index contributed by atoms with van der Waals surface area (Å²) in [7, 11) is 0. The van der Waals surface area contributed by atoms with Gasteiger partial charge in [-0.2, -0.15) is 0 Å². The molecule has 0 bridgehead atoms. The third-order valence-electron chi connectivity index (χ3n) is 6.25. The Bertz CT molecular complexity index is 780. The second-order valence-electron chi connectivity index (χ2n) is 8.51. The highest BCUT2D eigenvalue weighted by Gasteiger charge is 2.43. The van der Waals surface area contributed by atoms with Crippen molar-refractivity contribution >= 4 is 17.8 Å². The van der Waals surface area contributed by atoms with Gasteiger partial charge in [0.25, 0.3) is 5.91 Å². The lowest BCUT2D eigenvalue weighted by atomic mass is 9.79. The number of rotatable bonds is 4. The number of hydrogen-bond acceptors (Lipinski definition) is 4. The van der Waals surface area contributed by atoms with E-state index in [-0.39, 0.29) is 30.3 Å². The number of hydrogen-bond donors (Lipinski definition) is 1. The predicted octanol–water partition coefficient (Wildman–Crippen LogP) is 1.36. The van der Waals surface area contributed by atoms with Gasteiger partial charge in [-0.3, -0.25) is 19.4 Å². The monoisotopic (exact) mass is 384 g/mol. The van der Waals surface area contributed by atoms with Crippen molar-refractivity contribution in [3.63, 3.8) is 0 Å². The molecular weight excluding hydrogens is 356 g/mol. The number of carbonyl (C=O) groups excluding carboxylic acids is 3. The topological polar surface area (TPSA) is 73.0 Å². The Morgan fingerprint density at radius 3 is 2.79 bits per heavy atom. The van der Waals surface area contributed by atoms with Gasteiger partial charge in [0.2, 0.25) is 5.91 Å². The molecule has 1 N–H and O–H groups in total. The smallest absolute Gasteiger partial charge is 0.325 e. The number of urea groups is 1. The fourth-order valence-corrected chi connectivity index (χ4v) is 4.85. The Labute approximate surface area is 165 Å². The lowest BCUT2D eigenvalue weighted by molar-refractivity contribution is -0.136. The number of benzene rings is 1. The zero-order valence-electron chi connectivity index (χ0n) is 16.4. The lowest BCUT2D eigenvalue weighted by Gasteiger charge is -2.40. The molecule has 0 aromatic heterocycles. The summed E-state index contributed by atoms with van der Waals surface area (Å²) in [5.41, 5.74) is 2.75. The van der Waals surface area contributed by atoms with Crippen LogP contribution in [0, 0.1) is 12.3 Å². The third kappa shape index (κ3) is 3.90. The number of aryl methyl sites for hydroxylation is 1. The fraction of sp³-hybridized carbons (Fsp3) is 0.571. The average Bonchev–Trinajstić information content (AvgIpc) is 3.20. The zero-order valence-corrected chi connectivity index (χ0v) is 16.4. The summed E-state index contributed by atoms with van der Waals surface area (Å²) in [5, 5.41) is 2.47. The quantitative estimate of drug-likeness (QED) is 0.796. The molecule has 1 spiro atoms. The third-order valence-corrected chi connectivity index (χ3v) is 6.25. The number of nitrogens with zero attached hydrogens (tertiary/aromatic N) is 3. The molecule has 0 radical (unpaired) electrons. The second kappa shape index (κ2) is 7.54. The first-order valence-electron chi connectivity index (χ1n) is 10.1. The first-order valence-corrected chi connectivity index (χ1v) is 10.1. The molecule has 3 saturated heterocycles. The predicted molar refractivity (Wildman–Crippen MR) is 104 cm³/mol. The first kappa shape index (κ1) is 18.9. The van der Waals surface area contributed by atoms with Gasteiger partial charge in [-0.1, -0.05) is 29.8 Å². The van der Waals surface area contributed by atoms with E-state index in [1.54, 1.807) is 0 Å². The van der Waals surface area contributed by atoms with E-state index in [0.717, 1.165) is 50.3 Å². The molecule has 1 atom stereocenters. The maximum Gasteiger partial charge on any atom is 0.325 e. The molecule has 1 aromatic rings. The summed E-state index contributed by atoms with van der Waals surface area (Å²) in [6.45, 7) is 6.42. The highest BCUT2D eigenvalue weighted by molar-refractivity contribution is 6.04. The number of piperidine rings is 1. The van der Waals surface area contributed by atoms with Crippen molar-refractivity contribution in [1.29, 1.82) is 0 Å². The molecule has 4 amide bonds. The van der Waals surface area contributed by atoms with Crippen molar-refractivity contribution in [2.24, 2.45) is 5.41 Å². The highest BCUT2D eigenvalue weighted by atomic mass is 16.2. The molecule has 1 unspecified atom stereocenters. The molecule has 7 nitrogen and oxygen atoms in total. The SMILES string of the molecule is Cc1cccc(CN2CCCC3(CCN(C(=O)CN4C(=O)CNC4=O)C3)C2)c1. The molecule has 3 aliphatic heterocycles. The molecule has 1 aromatic carbocycles. The summed E-state index contributed by atoms with van der Waals surface area (Å²) in [6, 6.07) is 8.18. The molecule has 0 aliphatic carbocycles. The number of nitrogens with one attached hydrogen (secondary N) is 1. The number of amides is 4. The maximum atomic E-state index is 12.7. The van der Waals surface area contributed by atoms with E-state index in [9.17, 15) is 14.4 Å². The van der Waals surface area contributed by atoms with Crippen molar-refractivity contribution in [2.75, 3.05) is 39.3 Å². The van der Waals surface area contributed by atoms with Gasteiger partial charge in [0.05, 0.1) is 6.54 Å². The Kier molecular flexibility index (Phi) is 5.10. The number of likely N-dealkylation sites (tertiary alicyclic amines) is 2. The van der Waals surface area contributed by atoms with Crippen LogP contribution < -0.4 is 5.32 Å². The van der Waals surface area contributed by atoms with Gasteiger partial charge in [0.1, 0.15) is 6.54 Å². The highest BCUT2D eigenvalue weighted by Crippen LogP contribution is 2.39. The second-order valence-corrected chi connectivity index (χ2v) is 8.51. The van der Waals surface area contributed by atoms with Gasteiger partial charge in [0.15, 0.2) is 0 Å². The van der Waals surface area contributed by atoms with E-state index in [2.05, 4.69) is 41.4 Å². The summed E-state index contributed by atoms with van der Waals surface area (Å²) in [5.74, 6) is -0.452. The van der Waals surface area contributed by atoms with Crippen LogP contribution in [-0.2, 0) is 16.1 Å². The van der Waals surface area contributed by atoms with Crippen molar-refractivity contribution in [3.8, 4) is 0 Å². The van der Waals surface area contributed by atoms with Crippen LogP contribution in [0.5, 0.6) is 0 Å². The minimum Gasteiger partial charge on any atom is -0.341 e. The van der Waals surface area contributed by atoms with Crippen LogP contribution in [0.25, 0.3) is 0 Å². The molecule has 7 heteroatoms. The molecule has 4 rings (SSSR count). The van der Waals surface area contributed by atoms with Crippen LogP contribution in [0.4, 0.5) is 4.79 Å². The molecule has 3 heterocycles. The van der Waals surface area contributed by atoms with Crippen molar-refractivity contribution in [2.45, 2.75) is 32.7 Å². The van der Waals surface area contributed by atoms with E-state index in [4.69, 9.17) is 0 Å². The molecule has 3 fully saturated rings. The summed E-state index contributed by atoms with van der Waals surface area (Å²) in [6.07, 6.45) is 3.26. The maximum absolute atomic E-state index is 12.7. The molecular formula is C21H28N4O3. The van der Waals surface area contributed by atoms with E-state index >= 15 is 0 Å². The van der Waals surface area contributed by atoms with Crippen molar-refractivity contribution in [1.82, 2.24) is 20.0 Å². The van der Waals surface area contributed by atoms with Crippen LogP contribution in [0.2, 0.25) is 0 Å². The summed E-state index contributed by atoms with van der Waals surface area (Å²) in [4.78, 5) is 41.5. The van der Waals surface area contributed by atoms with Crippen molar-refractivity contribution in [3.05, 3.63) is 35.4 Å². The van der Waals surface area contributed by atoms with Gasteiger partial charge in [0, 0.05) is 31.6 Å². The Balaban J connectivity index is 1.36. The van der Waals surface area contributed by atoms with Gasteiger partial charge >= 0.3 is 6.03 Å². The van der Waals surface area contributed by atoms with Crippen LogP contribution >= 0.6 is 0 Å². The minimum absolute atomic E-state index is 0.00995. The van der Waals surface area contributed by atoms with Gasteiger partial charge < -0.3 is 10.2 Å². The normalized spacial score (nSPS) is 25.6. The Hall–Kier alpha value is -2.41.